The van der Waals surface area contributed by atoms with Crippen molar-refractivity contribution in [3.63, 3.8) is 0 Å². The van der Waals surface area contributed by atoms with E-state index in [0.29, 0.717) is 43.3 Å². The maximum atomic E-state index is 13.5. The highest BCUT2D eigenvalue weighted by molar-refractivity contribution is 5.94. The lowest BCUT2D eigenvalue weighted by Crippen LogP contribution is -2.27. The van der Waals surface area contributed by atoms with Gasteiger partial charge in [0.15, 0.2) is 0 Å². The van der Waals surface area contributed by atoms with Gasteiger partial charge in [-0.25, -0.2) is 14.4 Å². The number of rotatable bonds is 27. The standard InChI is InChI=1S/C52H69F3O10/c1-37(2)47(56)61-33-17-10-6-4-8-13-19-39-23-27-42(28-24-39)49(58)64-44-31-32-46(45(35-44)51(60)63-36-41-21-15-12-16-22-41)65-50(59)43-29-25-40(26-30-43)20-14-9-5-7-11-18-34-62-48(57)38(3)52(53,54)55/h12,15-16,21-22,31-32,35,39-40,42-43H,1,3-11,13-14,17-20,23-30,33-34,36H2,2H3. The number of ether oxygens (including phenoxy) is 5. The summed E-state index contributed by atoms with van der Waals surface area (Å²) in [6.07, 6.45) is 15.6. The molecule has 2 aliphatic rings. The van der Waals surface area contributed by atoms with Crippen molar-refractivity contribution in [2.45, 2.75) is 161 Å². The minimum absolute atomic E-state index is 0.0107. The fraction of sp³-hybridized carbons (Fsp3) is 0.596. The van der Waals surface area contributed by atoms with Crippen LogP contribution in [-0.4, -0.2) is 49.2 Å². The maximum absolute atomic E-state index is 13.5. The van der Waals surface area contributed by atoms with Crippen LogP contribution in [0.3, 0.4) is 0 Å². The number of benzene rings is 2. The summed E-state index contributed by atoms with van der Waals surface area (Å²) in [7, 11) is 0. The van der Waals surface area contributed by atoms with E-state index >= 15 is 0 Å². The fourth-order valence-corrected chi connectivity index (χ4v) is 8.53. The monoisotopic (exact) mass is 910 g/mol. The summed E-state index contributed by atoms with van der Waals surface area (Å²) in [5, 5.41) is 0. The number of hydrogen-bond acceptors (Lipinski definition) is 10. The van der Waals surface area contributed by atoms with E-state index in [-0.39, 0.29) is 54.1 Å². The molecule has 0 amide bonds. The molecule has 0 atom stereocenters. The average Bonchev–Trinajstić information content (AvgIpc) is 3.30. The lowest BCUT2D eigenvalue weighted by atomic mass is 9.79. The van der Waals surface area contributed by atoms with Crippen molar-refractivity contribution in [2.24, 2.45) is 23.7 Å². The van der Waals surface area contributed by atoms with Crippen molar-refractivity contribution in [2.75, 3.05) is 13.2 Å². The van der Waals surface area contributed by atoms with Crippen LogP contribution in [0.25, 0.3) is 0 Å². The van der Waals surface area contributed by atoms with Crippen LogP contribution in [0, 0.1) is 23.7 Å². The first-order valence-corrected chi connectivity index (χ1v) is 23.8. The second-order valence-electron chi connectivity index (χ2n) is 17.8. The lowest BCUT2D eigenvalue weighted by Gasteiger charge is -2.27. The van der Waals surface area contributed by atoms with Crippen LogP contribution in [0.5, 0.6) is 11.5 Å². The van der Waals surface area contributed by atoms with E-state index in [0.717, 1.165) is 128 Å². The molecule has 0 bridgehead atoms. The summed E-state index contributed by atoms with van der Waals surface area (Å²) in [5.74, 6) is -2.41. The van der Waals surface area contributed by atoms with Crippen LogP contribution >= 0.6 is 0 Å². The van der Waals surface area contributed by atoms with E-state index in [1.54, 1.807) is 13.0 Å². The smallest absolute Gasteiger partial charge is 0.422 e. The Morgan fingerprint density at radius 1 is 0.585 bits per heavy atom. The van der Waals surface area contributed by atoms with Gasteiger partial charge in [-0.05, 0) is 107 Å². The first-order valence-electron chi connectivity index (χ1n) is 23.8. The van der Waals surface area contributed by atoms with E-state index in [1.165, 1.54) is 12.1 Å². The molecule has 0 saturated heterocycles. The molecule has 2 aromatic rings. The number of alkyl halides is 3. The molecule has 0 unspecified atom stereocenters. The van der Waals surface area contributed by atoms with Crippen molar-refractivity contribution < 1.29 is 60.8 Å². The topological polar surface area (TPSA) is 132 Å². The number of carbonyl (C=O) groups is 5. The molecule has 2 aliphatic carbocycles. The van der Waals surface area contributed by atoms with Crippen LogP contribution < -0.4 is 9.47 Å². The fourth-order valence-electron chi connectivity index (χ4n) is 8.53. The Hall–Kier alpha value is -4.94. The van der Waals surface area contributed by atoms with Gasteiger partial charge in [-0.2, -0.15) is 13.2 Å². The van der Waals surface area contributed by atoms with E-state index in [9.17, 15) is 37.1 Å². The van der Waals surface area contributed by atoms with E-state index in [2.05, 4.69) is 17.9 Å². The van der Waals surface area contributed by atoms with Gasteiger partial charge in [-0.3, -0.25) is 9.59 Å². The largest absolute Gasteiger partial charge is 0.462 e. The Morgan fingerprint density at radius 3 is 1.57 bits per heavy atom. The summed E-state index contributed by atoms with van der Waals surface area (Å²) in [6.45, 7) is 8.38. The van der Waals surface area contributed by atoms with E-state index in [1.807, 2.05) is 30.3 Å². The van der Waals surface area contributed by atoms with Crippen molar-refractivity contribution in [1.82, 2.24) is 0 Å². The highest BCUT2D eigenvalue weighted by Crippen LogP contribution is 2.36. The van der Waals surface area contributed by atoms with Crippen LogP contribution in [0.2, 0.25) is 0 Å². The second kappa shape index (κ2) is 28.2. The normalized spacial score (nSPS) is 18.5. The van der Waals surface area contributed by atoms with Gasteiger partial charge < -0.3 is 23.7 Å². The predicted molar refractivity (Wildman–Crippen MR) is 241 cm³/mol. The first kappa shape index (κ1) is 52.7. The molecule has 2 saturated carbocycles. The number of hydrogen-bond donors (Lipinski definition) is 0. The SMILES string of the molecule is C=C(C)C(=O)OCCCCCCCCC1CCC(C(=O)Oc2ccc(OC(=O)C3CCC(CCCCCCCCOC(=O)C(=C)C(F)(F)F)CC3)c(C(=O)OCc3ccccc3)c2)CC1. The zero-order valence-corrected chi connectivity index (χ0v) is 38.2. The van der Waals surface area contributed by atoms with Gasteiger partial charge in [0.1, 0.15) is 29.2 Å². The number of esters is 5. The van der Waals surface area contributed by atoms with Crippen LogP contribution in [-0.2, 0) is 40.0 Å². The van der Waals surface area contributed by atoms with Gasteiger partial charge in [0, 0.05) is 5.57 Å². The molecule has 10 nitrogen and oxygen atoms in total. The Morgan fingerprint density at radius 2 is 1.06 bits per heavy atom. The molecule has 65 heavy (non-hydrogen) atoms. The van der Waals surface area contributed by atoms with Gasteiger partial charge in [-0.1, -0.05) is 121 Å². The Bertz CT molecular complexity index is 1840. The quantitative estimate of drug-likeness (QED) is 0.0280. The lowest BCUT2D eigenvalue weighted by molar-refractivity contribution is -0.151. The average molecular weight is 911 g/mol. The molecule has 2 fully saturated rings. The Labute approximate surface area is 383 Å². The van der Waals surface area contributed by atoms with Crippen molar-refractivity contribution in [1.29, 1.82) is 0 Å². The van der Waals surface area contributed by atoms with Crippen molar-refractivity contribution in [3.05, 3.63) is 84.0 Å². The van der Waals surface area contributed by atoms with Crippen LogP contribution in [0.4, 0.5) is 13.2 Å². The van der Waals surface area contributed by atoms with E-state index in [4.69, 9.17) is 18.9 Å². The molecule has 0 aromatic heterocycles. The van der Waals surface area contributed by atoms with Crippen LogP contribution in [0.1, 0.15) is 164 Å². The predicted octanol–water partition coefficient (Wildman–Crippen LogP) is 12.7. The first-order chi connectivity index (χ1) is 31.2. The summed E-state index contributed by atoms with van der Waals surface area (Å²) in [6, 6.07) is 13.7. The number of halogens is 3. The van der Waals surface area contributed by atoms with Gasteiger partial charge in [0.05, 0.1) is 25.0 Å². The van der Waals surface area contributed by atoms with Crippen molar-refractivity contribution >= 4 is 29.8 Å². The van der Waals surface area contributed by atoms with Gasteiger partial charge in [-0.15, -0.1) is 0 Å². The summed E-state index contributed by atoms with van der Waals surface area (Å²) in [4.78, 5) is 63.2. The number of unbranched alkanes of at least 4 members (excludes halogenated alkanes) is 10. The Balaban J connectivity index is 1.17. The molecular formula is C52H69F3O10. The third-order valence-electron chi connectivity index (χ3n) is 12.6. The minimum Gasteiger partial charge on any atom is -0.462 e. The molecule has 0 heterocycles. The summed E-state index contributed by atoms with van der Waals surface area (Å²) < 4.78 is 64.7. The second-order valence-corrected chi connectivity index (χ2v) is 17.8. The number of carbonyl (C=O) groups excluding carboxylic acids is 5. The van der Waals surface area contributed by atoms with Crippen LogP contribution in [0.15, 0.2) is 72.8 Å². The molecule has 0 N–H and O–H groups in total. The zero-order valence-electron chi connectivity index (χ0n) is 38.2. The Kier molecular flexibility index (Phi) is 22.8. The van der Waals surface area contributed by atoms with Gasteiger partial charge in [0.2, 0.25) is 0 Å². The molecule has 0 radical (unpaired) electrons. The third kappa shape index (κ3) is 19.6. The molecule has 13 heteroatoms. The zero-order chi connectivity index (χ0) is 47.0. The molecular weight excluding hydrogens is 842 g/mol. The minimum atomic E-state index is -4.78. The highest BCUT2D eigenvalue weighted by atomic mass is 19.4. The molecule has 0 spiro atoms. The molecule has 0 aliphatic heterocycles. The van der Waals surface area contributed by atoms with Gasteiger partial charge in [0.25, 0.3) is 0 Å². The molecule has 4 rings (SSSR count). The van der Waals surface area contributed by atoms with E-state index < -0.39 is 29.7 Å². The van der Waals surface area contributed by atoms with Gasteiger partial charge >= 0.3 is 36.0 Å². The molecule has 358 valence electrons. The highest BCUT2D eigenvalue weighted by Gasteiger charge is 2.38. The maximum Gasteiger partial charge on any atom is 0.422 e. The third-order valence-corrected chi connectivity index (χ3v) is 12.6. The summed E-state index contributed by atoms with van der Waals surface area (Å²) >= 11 is 0. The summed E-state index contributed by atoms with van der Waals surface area (Å²) in [5.41, 5.74) is -0.264. The van der Waals surface area contributed by atoms with Crippen molar-refractivity contribution in [3.8, 4) is 11.5 Å². The molecule has 2 aromatic carbocycles.